The molecule has 4 nitrogen and oxygen atoms in total. The van der Waals surface area contributed by atoms with Gasteiger partial charge in [0, 0.05) is 10.0 Å². The van der Waals surface area contributed by atoms with Crippen molar-refractivity contribution >= 4 is 39.7 Å². The molecule has 0 aliphatic carbocycles. The molecule has 0 bridgehead atoms. The number of carbonyl (C=O) groups excluding carboxylic acids is 1. The van der Waals surface area contributed by atoms with Gasteiger partial charge >= 0.3 is 0 Å². The Hall–Kier alpha value is -1.85. The van der Waals surface area contributed by atoms with Crippen molar-refractivity contribution in [3.05, 3.63) is 63.1 Å². The fourth-order valence-corrected chi connectivity index (χ4v) is 2.29. The molecule has 0 unspecified atom stereocenters. The number of nitrogens with one attached hydrogen (secondary N) is 1. The van der Waals surface area contributed by atoms with Crippen molar-refractivity contribution in [2.75, 3.05) is 7.11 Å². The second kappa shape index (κ2) is 7.24. The average Bonchev–Trinajstić information content (AvgIpc) is 2.47. The van der Waals surface area contributed by atoms with E-state index in [0.717, 1.165) is 10.0 Å². The SMILES string of the molecule is COc1ccc(/C=N\NC(=O)c2cccc(Br)c2)cc1Cl. The molecule has 1 amide bonds. The molecular weight excluding hydrogens is 356 g/mol. The van der Waals surface area contributed by atoms with Crippen LogP contribution in [-0.4, -0.2) is 19.2 Å². The smallest absolute Gasteiger partial charge is 0.271 e. The molecule has 0 spiro atoms. The zero-order chi connectivity index (χ0) is 15.2. The van der Waals surface area contributed by atoms with Gasteiger partial charge in [-0.1, -0.05) is 33.6 Å². The molecule has 2 rings (SSSR count). The highest BCUT2D eigenvalue weighted by Crippen LogP contribution is 2.24. The molecule has 6 heteroatoms. The van der Waals surface area contributed by atoms with Crippen LogP contribution in [0.5, 0.6) is 5.75 Å². The second-order valence-corrected chi connectivity index (χ2v) is 5.43. The number of benzene rings is 2. The molecule has 0 saturated carbocycles. The quantitative estimate of drug-likeness (QED) is 0.659. The Bertz CT molecular complexity index is 689. The topological polar surface area (TPSA) is 50.7 Å². The number of methoxy groups -OCH3 is 1. The molecular formula is C15H12BrClN2O2. The van der Waals surface area contributed by atoms with Crippen LogP contribution in [-0.2, 0) is 0 Å². The van der Waals surface area contributed by atoms with E-state index in [4.69, 9.17) is 16.3 Å². The third kappa shape index (κ3) is 4.31. The highest BCUT2D eigenvalue weighted by Gasteiger charge is 2.04. The maximum atomic E-state index is 11.9. The summed E-state index contributed by atoms with van der Waals surface area (Å²) in [5.41, 5.74) is 3.74. The van der Waals surface area contributed by atoms with Gasteiger partial charge in [-0.15, -0.1) is 0 Å². The summed E-state index contributed by atoms with van der Waals surface area (Å²) in [5.74, 6) is 0.305. The lowest BCUT2D eigenvalue weighted by Crippen LogP contribution is -2.17. The van der Waals surface area contributed by atoms with E-state index in [2.05, 4.69) is 26.5 Å². The number of hydrogen-bond acceptors (Lipinski definition) is 3. The fraction of sp³-hybridized carbons (Fsp3) is 0.0667. The van der Waals surface area contributed by atoms with E-state index in [9.17, 15) is 4.79 Å². The third-order valence-corrected chi connectivity index (χ3v) is 3.43. The molecule has 2 aromatic carbocycles. The molecule has 108 valence electrons. The van der Waals surface area contributed by atoms with Crippen molar-refractivity contribution < 1.29 is 9.53 Å². The molecule has 0 atom stereocenters. The van der Waals surface area contributed by atoms with Crippen molar-refractivity contribution in [2.45, 2.75) is 0 Å². The van der Waals surface area contributed by atoms with Gasteiger partial charge in [-0.05, 0) is 42.0 Å². The van der Waals surface area contributed by atoms with E-state index in [1.165, 1.54) is 6.21 Å². The van der Waals surface area contributed by atoms with Crippen molar-refractivity contribution in [2.24, 2.45) is 5.10 Å². The Labute approximate surface area is 135 Å². The Morgan fingerprint density at radius 2 is 2.14 bits per heavy atom. The lowest BCUT2D eigenvalue weighted by Gasteiger charge is -2.03. The van der Waals surface area contributed by atoms with Crippen LogP contribution in [0, 0.1) is 0 Å². The van der Waals surface area contributed by atoms with Crippen molar-refractivity contribution in [3.63, 3.8) is 0 Å². The Kier molecular flexibility index (Phi) is 5.36. The van der Waals surface area contributed by atoms with E-state index in [1.807, 2.05) is 6.07 Å². The van der Waals surface area contributed by atoms with Gasteiger partial charge < -0.3 is 4.74 Å². The van der Waals surface area contributed by atoms with Crippen LogP contribution in [0.15, 0.2) is 52.0 Å². The third-order valence-electron chi connectivity index (χ3n) is 2.64. The summed E-state index contributed by atoms with van der Waals surface area (Å²) in [6, 6.07) is 12.3. The van der Waals surface area contributed by atoms with Gasteiger partial charge in [-0.3, -0.25) is 4.79 Å². The normalized spacial score (nSPS) is 10.6. The highest BCUT2D eigenvalue weighted by molar-refractivity contribution is 9.10. The first-order valence-electron chi connectivity index (χ1n) is 6.02. The number of hydrazone groups is 1. The molecule has 0 heterocycles. The number of amides is 1. The summed E-state index contributed by atoms with van der Waals surface area (Å²) in [4.78, 5) is 11.9. The lowest BCUT2D eigenvalue weighted by molar-refractivity contribution is 0.0955. The van der Waals surface area contributed by atoms with E-state index < -0.39 is 0 Å². The Morgan fingerprint density at radius 1 is 1.33 bits per heavy atom. The molecule has 0 aliphatic heterocycles. The standard InChI is InChI=1S/C15H12BrClN2O2/c1-21-14-6-5-10(7-13(14)17)9-18-19-15(20)11-3-2-4-12(16)8-11/h2-9H,1H3,(H,19,20)/b18-9-. The molecule has 2 aromatic rings. The monoisotopic (exact) mass is 366 g/mol. The van der Waals surface area contributed by atoms with Crippen LogP contribution >= 0.6 is 27.5 Å². The molecule has 0 saturated heterocycles. The first kappa shape index (κ1) is 15.5. The number of ether oxygens (including phenoxy) is 1. The average molecular weight is 368 g/mol. The van der Waals surface area contributed by atoms with Crippen LogP contribution in [0.2, 0.25) is 5.02 Å². The van der Waals surface area contributed by atoms with Gasteiger partial charge in [-0.2, -0.15) is 5.10 Å². The largest absolute Gasteiger partial charge is 0.495 e. The zero-order valence-electron chi connectivity index (χ0n) is 11.1. The minimum Gasteiger partial charge on any atom is -0.495 e. The van der Waals surface area contributed by atoms with Gasteiger partial charge in [0.05, 0.1) is 18.3 Å². The van der Waals surface area contributed by atoms with Crippen LogP contribution in [0.3, 0.4) is 0 Å². The summed E-state index contributed by atoms with van der Waals surface area (Å²) >= 11 is 9.32. The van der Waals surface area contributed by atoms with Crippen LogP contribution in [0.25, 0.3) is 0 Å². The first-order valence-corrected chi connectivity index (χ1v) is 7.20. The minimum absolute atomic E-state index is 0.285. The van der Waals surface area contributed by atoms with Gasteiger partial charge in [-0.25, -0.2) is 5.43 Å². The zero-order valence-corrected chi connectivity index (χ0v) is 13.5. The maximum Gasteiger partial charge on any atom is 0.271 e. The predicted molar refractivity (Wildman–Crippen MR) is 87.2 cm³/mol. The number of halogens is 2. The van der Waals surface area contributed by atoms with Gasteiger partial charge in [0.25, 0.3) is 5.91 Å². The van der Waals surface area contributed by atoms with E-state index in [0.29, 0.717) is 16.3 Å². The number of hydrogen-bond donors (Lipinski definition) is 1. The molecule has 1 N–H and O–H groups in total. The van der Waals surface area contributed by atoms with Crippen LogP contribution in [0.1, 0.15) is 15.9 Å². The van der Waals surface area contributed by atoms with E-state index in [1.54, 1.807) is 43.5 Å². The summed E-state index contributed by atoms with van der Waals surface area (Å²) in [6.45, 7) is 0. The van der Waals surface area contributed by atoms with Crippen molar-refractivity contribution in [3.8, 4) is 5.75 Å². The van der Waals surface area contributed by atoms with Crippen molar-refractivity contribution in [1.29, 1.82) is 0 Å². The number of nitrogens with zero attached hydrogens (tertiary/aromatic N) is 1. The molecule has 21 heavy (non-hydrogen) atoms. The highest BCUT2D eigenvalue weighted by atomic mass is 79.9. The predicted octanol–water partition coefficient (Wildman–Crippen LogP) is 3.88. The van der Waals surface area contributed by atoms with Crippen molar-refractivity contribution in [1.82, 2.24) is 5.43 Å². The summed E-state index contributed by atoms with van der Waals surface area (Å²) < 4.78 is 5.90. The fourth-order valence-electron chi connectivity index (χ4n) is 1.62. The number of rotatable bonds is 4. The minimum atomic E-state index is -0.285. The lowest BCUT2D eigenvalue weighted by atomic mass is 10.2. The maximum absolute atomic E-state index is 11.9. The molecule has 0 fully saturated rings. The van der Waals surface area contributed by atoms with Gasteiger partial charge in [0.15, 0.2) is 0 Å². The van der Waals surface area contributed by atoms with E-state index >= 15 is 0 Å². The van der Waals surface area contributed by atoms with Gasteiger partial charge in [0.1, 0.15) is 5.75 Å². The van der Waals surface area contributed by atoms with Crippen LogP contribution in [0.4, 0.5) is 0 Å². The molecule has 0 aliphatic rings. The van der Waals surface area contributed by atoms with Crippen LogP contribution < -0.4 is 10.2 Å². The molecule has 0 radical (unpaired) electrons. The number of carbonyl (C=O) groups is 1. The second-order valence-electron chi connectivity index (χ2n) is 4.10. The van der Waals surface area contributed by atoms with Gasteiger partial charge in [0.2, 0.25) is 0 Å². The Morgan fingerprint density at radius 3 is 2.81 bits per heavy atom. The Balaban J connectivity index is 2.02. The summed E-state index contributed by atoms with van der Waals surface area (Å²) in [5, 5.41) is 4.39. The molecule has 0 aromatic heterocycles. The van der Waals surface area contributed by atoms with E-state index in [-0.39, 0.29) is 5.91 Å². The first-order chi connectivity index (χ1) is 10.1. The summed E-state index contributed by atoms with van der Waals surface area (Å²) in [7, 11) is 1.55. The summed E-state index contributed by atoms with van der Waals surface area (Å²) in [6.07, 6.45) is 1.52.